The lowest BCUT2D eigenvalue weighted by atomic mass is 10.1. The zero-order valence-electron chi connectivity index (χ0n) is 19.2. The Labute approximate surface area is 196 Å². The zero-order chi connectivity index (χ0) is 24.1. The van der Waals surface area contributed by atoms with Gasteiger partial charge in [-0.15, -0.1) is 5.11 Å². The molecule has 0 bridgehead atoms. The minimum atomic E-state index is -1.04. The van der Waals surface area contributed by atoms with Crippen molar-refractivity contribution in [3.05, 3.63) is 46.5 Å². The first-order chi connectivity index (χ1) is 16.4. The first-order valence-corrected chi connectivity index (χ1v) is 11.1. The summed E-state index contributed by atoms with van der Waals surface area (Å²) in [4.78, 5) is 18.8. The molecule has 0 radical (unpaired) electrons. The van der Waals surface area contributed by atoms with Gasteiger partial charge in [0.1, 0.15) is 13.2 Å². The third-order valence-corrected chi connectivity index (χ3v) is 5.76. The van der Waals surface area contributed by atoms with Gasteiger partial charge < -0.3 is 24.0 Å². The van der Waals surface area contributed by atoms with Crippen molar-refractivity contribution in [3.63, 3.8) is 0 Å². The van der Waals surface area contributed by atoms with Crippen molar-refractivity contribution in [2.75, 3.05) is 57.5 Å². The molecule has 2 aliphatic rings. The van der Waals surface area contributed by atoms with Crippen molar-refractivity contribution < 1.29 is 27.8 Å². The van der Waals surface area contributed by atoms with Crippen LogP contribution in [0.1, 0.15) is 16.7 Å². The third-order valence-electron chi connectivity index (χ3n) is 5.76. The fraction of sp³-hybridized carbons (Fsp3) is 0.478. The number of benzene rings is 1. The Hall–Kier alpha value is -3.34. The number of nitrogens with zero attached hydrogens (tertiary/aromatic N) is 5. The van der Waals surface area contributed by atoms with Crippen LogP contribution < -0.4 is 9.64 Å². The molecule has 0 atom stereocenters. The first kappa shape index (κ1) is 23.8. The molecule has 2 saturated heterocycles. The maximum atomic E-state index is 15.3. The number of pyridine rings is 1. The maximum absolute atomic E-state index is 15.3. The number of carbonyl (C=O) groups excluding carboxylic acids is 1. The fourth-order valence-corrected chi connectivity index (χ4v) is 3.64. The SMILES string of the molecule is Cc1ccc(CN=Nc2c(F)c(OCCN3CCOC3=O)nc(N3CCOCC3)c2F)cc1C. The number of carbonyl (C=O) groups is 1. The number of aryl methyl sites for hydroxylation is 2. The molecule has 3 heterocycles. The molecule has 182 valence electrons. The van der Waals surface area contributed by atoms with Gasteiger partial charge in [-0.1, -0.05) is 18.2 Å². The van der Waals surface area contributed by atoms with E-state index in [1.807, 2.05) is 32.0 Å². The van der Waals surface area contributed by atoms with Gasteiger partial charge in [0.15, 0.2) is 17.3 Å². The monoisotopic (exact) mass is 475 g/mol. The van der Waals surface area contributed by atoms with Crippen LogP contribution in [0, 0.1) is 25.5 Å². The maximum Gasteiger partial charge on any atom is 0.410 e. The molecule has 0 N–H and O–H groups in total. The zero-order valence-corrected chi connectivity index (χ0v) is 19.2. The van der Waals surface area contributed by atoms with Crippen LogP contribution in [0.2, 0.25) is 0 Å². The van der Waals surface area contributed by atoms with Crippen LogP contribution >= 0.6 is 0 Å². The Morgan fingerprint density at radius 3 is 2.59 bits per heavy atom. The summed E-state index contributed by atoms with van der Waals surface area (Å²) in [6.07, 6.45) is -0.453. The van der Waals surface area contributed by atoms with Gasteiger partial charge in [-0.2, -0.15) is 14.5 Å². The molecule has 2 fully saturated rings. The molecule has 2 aromatic rings. The van der Waals surface area contributed by atoms with E-state index in [9.17, 15) is 4.79 Å². The van der Waals surface area contributed by atoms with Crippen LogP contribution in [0.3, 0.4) is 0 Å². The quantitative estimate of drug-likeness (QED) is 0.538. The standard InChI is InChI=1S/C23H27F2N5O4/c1-15-3-4-17(13-16(15)2)14-26-28-20-18(24)21(29-5-9-32-10-6-29)27-22(19(20)25)33-11-7-30-8-12-34-23(30)31/h3-4,13H,5-12,14H2,1-2H3. The van der Waals surface area contributed by atoms with E-state index in [-0.39, 0.29) is 25.5 Å². The molecule has 0 spiro atoms. The lowest BCUT2D eigenvalue weighted by molar-refractivity contribution is 0.122. The fourth-order valence-electron chi connectivity index (χ4n) is 3.64. The number of amides is 1. The minimum absolute atomic E-state index is 0.0353. The van der Waals surface area contributed by atoms with Gasteiger partial charge in [-0.25, -0.2) is 9.18 Å². The van der Waals surface area contributed by atoms with E-state index in [0.29, 0.717) is 39.5 Å². The first-order valence-electron chi connectivity index (χ1n) is 11.1. The summed E-state index contributed by atoms with van der Waals surface area (Å²) < 4.78 is 46.2. The van der Waals surface area contributed by atoms with Crippen LogP contribution in [-0.2, 0) is 16.0 Å². The molecule has 1 aromatic carbocycles. The molecule has 0 saturated carbocycles. The summed E-state index contributed by atoms with van der Waals surface area (Å²) in [7, 11) is 0. The Morgan fingerprint density at radius 2 is 1.88 bits per heavy atom. The molecular formula is C23H27F2N5O4. The molecule has 1 aromatic heterocycles. The van der Waals surface area contributed by atoms with E-state index in [4.69, 9.17) is 14.2 Å². The molecule has 4 rings (SSSR count). The van der Waals surface area contributed by atoms with Gasteiger partial charge in [-0.3, -0.25) is 0 Å². The van der Waals surface area contributed by atoms with Gasteiger partial charge in [0.2, 0.25) is 5.82 Å². The number of hydrogen-bond acceptors (Lipinski definition) is 8. The number of anilines is 1. The van der Waals surface area contributed by atoms with Crippen LogP contribution in [0.5, 0.6) is 5.88 Å². The number of aromatic nitrogens is 1. The highest BCUT2D eigenvalue weighted by molar-refractivity contribution is 5.69. The average Bonchev–Trinajstić information content (AvgIpc) is 3.25. The Kier molecular flexibility index (Phi) is 7.51. The number of halogens is 2. The van der Waals surface area contributed by atoms with Crippen LogP contribution in [0.15, 0.2) is 28.4 Å². The van der Waals surface area contributed by atoms with E-state index in [1.54, 1.807) is 4.90 Å². The summed E-state index contributed by atoms with van der Waals surface area (Å²) in [5.74, 6) is -2.41. The van der Waals surface area contributed by atoms with Crippen molar-refractivity contribution in [2.45, 2.75) is 20.4 Å². The Bertz CT molecular complexity index is 1080. The molecule has 0 aliphatic carbocycles. The van der Waals surface area contributed by atoms with Crippen molar-refractivity contribution in [1.29, 1.82) is 0 Å². The highest BCUT2D eigenvalue weighted by atomic mass is 19.1. The molecule has 2 aliphatic heterocycles. The lowest BCUT2D eigenvalue weighted by Crippen LogP contribution is -2.37. The smallest absolute Gasteiger partial charge is 0.410 e. The topological polar surface area (TPSA) is 88.8 Å². The van der Waals surface area contributed by atoms with Crippen molar-refractivity contribution in [3.8, 4) is 5.88 Å². The number of ether oxygens (including phenoxy) is 3. The third kappa shape index (κ3) is 5.41. The highest BCUT2D eigenvalue weighted by Gasteiger charge is 2.27. The second kappa shape index (κ2) is 10.7. The molecule has 0 unspecified atom stereocenters. The number of azo groups is 1. The van der Waals surface area contributed by atoms with E-state index >= 15 is 8.78 Å². The van der Waals surface area contributed by atoms with Crippen LogP contribution in [0.4, 0.5) is 25.1 Å². The van der Waals surface area contributed by atoms with Crippen LogP contribution in [0.25, 0.3) is 0 Å². The van der Waals surface area contributed by atoms with Gasteiger partial charge in [-0.05, 0) is 30.5 Å². The van der Waals surface area contributed by atoms with E-state index in [0.717, 1.165) is 16.7 Å². The van der Waals surface area contributed by atoms with Crippen molar-refractivity contribution >= 4 is 17.6 Å². The molecule has 11 heteroatoms. The number of rotatable bonds is 8. The number of morpholine rings is 1. The van der Waals surface area contributed by atoms with Gasteiger partial charge in [0, 0.05) is 13.1 Å². The summed E-state index contributed by atoms with van der Waals surface area (Å²) >= 11 is 0. The summed E-state index contributed by atoms with van der Waals surface area (Å²) in [5, 5.41) is 7.91. The molecular weight excluding hydrogens is 448 g/mol. The van der Waals surface area contributed by atoms with E-state index in [1.165, 1.54) is 4.90 Å². The number of hydrogen-bond donors (Lipinski definition) is 0. The summed E-state index contributed by atoms with van der Waals surface area (Å²) in [5.41, 5.74) is 2.56. The summed E-state index contributed by atoms with van der Waals surface area (Å²) in [6.45, 7) is 6.63. The van der Waals surface area contributed by atoms with Crippen molar-refractivity contribution in [1.82, 2.24) is 9.88 Å². The summed E-state index contributed by atoms with van der Waals surface area (Å²) in [6, 6.07) is 5.83. The van der Waals surface area contributed by atoms with Crippen molar-refractivity contribution in [2.24, 2.45) is 10.2 Å². The van der Waals surface area contributed by atoms with E-state index in [2.05, 4.69) is 15.2 Å². The highest BCUT2D eigenvalue weighted by Crippen LogP contribution is 2.35. The molecule has 1 amide bonds. The van der Waals surface area contributed by atoms with Crippen LogP contribution in [-0.4, -0.2) is 68.6 Å². The minimum Gasteiger partial charge on any atom is -0.474 e. The lowest BCUT2D eigenvalue weighted by Gasteiger charge is -2.28. The Morgan fingerprint density at radius 1 is 1.09 bits per heavy atom. The van der Waals surface area contributed by atoms with Gasteiger partial charge >= 0.3 is 6.09 Å². The predicted molar refractivity (Wildman–Crippen MR) is 120 cm³/mol. The largest absolute Gasteiger partial charge is 0.474 e. The number of cyclic esters (lactones) is 1. The Balaban J connectivity index is 1.56. The second-order valence-corrected chi connectivity index (χ2v) is 8.08. The normalized spacial score (nSPS) is 16.4. The van der Waals surface area contributed by atoms with Gasteiger partial charge in [0.05, 0.1) is 32.8 Å². The molecule has 34 heavy (non-hydrogen) atoms. The second-order valence-electron chi connectivity index (χ2n) is 8.08. The predicted octanol–water partition coefficient (Wildman–Crippen LogP) is 3.93. The average molecular weight is 475 g/mol. The van der Waals surface area contributed by atoms with E-state index < -0.39 is 29.3 Å². The molecule has 9 nitrogen and oxygen atoms in total. The van der Waals surface area contributed by atoms with Gasteiger partial charge in [0.25, 0.3) is 5.88 Å².